The molecule has 2 heterocycles. The van der Waals surface area contributed by atoms with Gasteiger partial charge < -0.3 is 5.32 Å². The zero-order chi connectivity index (χ0) is 10.8. The van der Waals surface area contributed by atoms with Gasteiger partial charge in [-0.1, -0.05) is 0 Å². The van der Waals surface area contributed by atoms with Crippen molar-refractivity contribution in [2.24, 2.45) is 0 Å². The largest absolute Gasteiger partial charge is 0.366 e. The van der Waals surface area contributed by atoms with Crippen molar-refractivity contribution in [2.45, 2.75) is 26.8 Å². The molecule has 1 N–H and O–H groups in total. The lowest BCUT2D eigenvalue weighted by atomic mass is 10.3. The Labute approximate surface area is 88.8 Å². The summed E-state index contributed by atoms with van der Waals surface area (Å²) in [7, 11) is 0. The molecule has 15 heavy (non-hydrogen) atoms. The highest BCUT2D eigenvalue weighted by atomic mass is 15.1. The van der Waals surface area contributed by atoms with E-state index in [1.165, 1.54) is 0 Å². The number of rotatable bonds is 2. The van der Waals surface area contributed by atoms with Gasteiger partial charge in [0.2, 0.25) is 0 Å². The van der Waals surface area contributed by atoms with Gasteiger partial charge in [-0.25, -0.2) is 9.97 Å². The molecule has 2 aromatic heterocycles. The highest BCUT2D eigenvalue weighted by Gasteiger charge is 2.06. The molecular weight excluding hydrogens is 188 g/mol. The molecule has 0 spiro atoms. The van der Waals surface area contributed by atoms with Crippen LogP contribution in [0.25, 0.3) is 11.0 Å². The van der Waals surface area contributed by atoms with Crippen LogP contribution in [0, 0.1) is 6.92 Å². The Kier molecular flexibility index (Phi) is 2.49. The Morgan fingerprint density at radius 2 is 2.07 bits per heavy atom. The second kappa shape index (κ2) is 3.81. The Morgan fingerprint density at radius 3 is 2.80 bits per heavy atom. The highest BCUT2D eigenvalue weighted by molar-refractivity contribution is 5.84. The second-order valence-corrected chi connectivity index (χ2v) is 3.79. The summed E-state index contributed by atoms with van der Waals surface area (Å²) in [6.07, 6.45) is 1.76. The molecule has 0 fully saturated rings. The fraction of sp³-hybridized carbons (Fsp3) is 0.364. The van der Waals surface area contributed by atoms with Crippen LogP contribution < -0.4 is 5.32 Å². The van der Waals surface area contributed by atoms with Gasteiger partial charge in [0.25, 0.3) is 0 Å². The molecule has 0 unspecified atom stereocenters. The summed E-state index contributed by atoms with van der Waals surface area (Å²) in [5, 5.41) is 3.27. The minimum absolute atomic E-state index is 0.338. The van der Waals surface area contributed by atoms with Gasteiger partial charge in [0.1, 0.15) is 11.3 Å². The summed E-state index contributed by atoms with van der Waals surface area (Å²) >= 11 is 0. The number of hydrogen-bond donors (Lipinski definition) is 1. The summed E-state index contributed by atoms with van der Waals surface area (Å²) in [6.45, 7) is 6.04. The predicted octanol–water partition coefficient (Wildman–Crippen LogP) is 2.15. The number of hydrogen-bond acceptors (Lipinski definition) is 4. The zero-order valence-corrected chi connectivity index (χ0v) is 9.15. The molecular formula is C11H14N4. The molecule has 0 amide bonds. The van der Waals surface area contributed by atoms with Gasteiger partial charge in [-0.2, -0.15) is 0 Å². The first kappa shape index (κ1) is 9.83. The van der Waals surface area contributed by atoms with E-state index in [-0.39, 0.29) is 0 Å². The monoisotopic (exact) mass is 202 g/mol. The van der Waals surface area contributed by atoms with E-state index in [1.54, 1.807) is 6.20 Å². The first-order valence-corrected chi connectivity index (χ1v) is 5.02. The van der Waals surface area contributed by atoms with Gasteiger partial charge in [0.15, 0.2) is 5.82 Å². The molecule has 4 nitrogen and oxygen atoms in total. The third kappa shape index (κ3) is 2.03. The summed E-state index contributed by atoms with van der Waals surface area (Å²) < 4.78 is 0. The van der Waals surface area contributed by atoms with Crippen molar-refractivity contribution in [1.29, 1.82) is 0 Å². The van der Waals surface area contributed by atoms with E-state index in [0.29, 0.717) is 6.04 Å². The smallest absolute Gasteiger partial charge is 0.156 e. The Bertz CT molecular complexity index is 479. The van der Waals surface area contributed by atoms with Gasteiger partial charge in [0.05, 0.1) is 5.52 Å². The van der Waals surface area contributed by atoms with Gasteiger partial charge in [-0.15, -0.1) is 0 Å². The first-order valence-electron chi connectivity index (χ1n) is 5.02. The van der Waals surface area contributed by atoms with Gasteiger partial charge in [-0.05, 0) is 32.9 Å². The molecule has 2 aromatic rings. The highest BCUT2D eigenvalue weighted by Crippen LogP contribution is 2.17. The number of pyridine rings is 1. The lowest BCUT2D eigenvalue weighted by Crippen LogP contribution is -2.12. The van der Waals surface area contributed by atoms with E-state index in [9.17, 15) is 0 Å². The third-order valence-electron chi connectivity index (χ3n) is 1.99. The molecule has 0 radical (unpaired) electrons. The average Bonchev–Trinajstić information content (AvgIpc) is 2.16. The van der Waals surface area contributed by atoms with Crippen LogP contribution in [0.15, 0.2) is 18.3 Å². The number of aromatic nitrogens is 3. The summed E-state index contributed by atoms with van der Waals surface area (Å²) in [5.41, 5.74) is 1.71. The maximum atomic E-state index is 4.36. The van der Waals surface area contributed by atoms with Crippen LogP contribution in [0.2, 0.25) is 0 Å². The van der Waals surface area contributed by atoms with Crippen LogP contribution in [-0.4, -0.2) is 21.0 Å². The van der Waals surface area contributed by atoms with Crippen molar-refractivity contribution in [2.75, 3.05) is 5.32 Å². The maximum Gasteiger partial charge on any atom is 0.156 e. The quantitative estimate of drug-likeness (QED) is 0.810. The molecule has 0 saturated carbocycles. The van der Waals surface area contributed by atoms with Crippen LogP contribution in [0.5, 0.6) is 0 Å². The van der Waals surface area contributed by atoms with Crippen molar-refractivity contribution >= 4 is 16.9 Å². The Balaban J connectivity index is 2.60. The molecule has 0 aliphatic rings. The zero-order valence-electron chi connectivity index (χ0n) is 9.15. The molecule has 2 rings (SSSR count). The topological polar surface area (TPSA) is 50.7 Å². The van der Waals surface area contributed by atoms with E-state index in [4.69, 9.17) is 0 Å². The minimum atomic E-state index is 0.338. The van der Waals surface area contributed by atoms with Gasteiger partial charge in [-0.3, -0.25) is 4.98 Å². The molecule has 4 heteroatoms. The van der Waals surface area contributed by atoms with Crippen molar-refractivity contribution in [3.8, 4) is 0 Å². The molecule has 0 aliphatic heterocycles. The lowest BCUT2D eigenvalue weighted by molar-refractivity contribution is 0.884. The van der Waals surface area contributed by atoms with E-state index in [2.05, 4.69) is 34.1 Å². The standard InChI is InChI=1S/C11H14N4/c1-7(2)13-11-10-9(5-4-6-12-10)14-8(3)15-11/h4-7H,1-3H3,(H,13,14,15). The van der Waals surface area contributed by atoms with Crippen molar-refractivity contribution in [1.82, 2.24) is 15.0 Å². The number of fused-ring (bicyclic) bond motifs is 1. The molecule has 0 atom stereocenters. The number of anilines is 1. The van der Waals surface area contributed by atoms with Crippen molar-refractivity contribution in [3.63, 3.8) is 0 Å². The van der Waals surface area contributed by atoms with Crippen LogP contribution in [0.4, 0.5) is 5.82 Å². The van der Waals surface area contributed by atoms with Gasteiger partial charge in [0, 0.05) is 12.2 Å². The molecule has 0 saturated heterocycles. The van der Waals surface area contributed by atoms with Crippen molar-refractivity contribution < 1.29 is 0 Å². The molecule has 0 aliphatic carbocycles. The maximum absolute atomic E-state index is 4.36. The Hall–Kier alpha value is -1.71. The summed E-state index contributed by atoms with van der Waals surface area (Å²) in [5.74, 6) is 1.58. The fourth-order valence-electron chi connectivity index (χ4n) is 1.46. The minimum Gasteiger partial charge on any atom is -0.366 e. The molecule has 0 aromatic carbocycles. The van der Waals surface area contributed by atoms with Crippen LogP contribution in [0.3, 0.4) is 0 Å². The predicted molar refractivity (Wildman–Crippen MR) is 60.8 cm³/mol. The summed E-state index contributed by atoms with van der Waals surface area (Å²) in [4.78, 5) is 13.0. The van der Waals surface area contributed by atoms with E-state index in [0.717, 1.165) is 22.7 Å². The summed E-state index contributed by atoms with van der Waals surface area (Å²) in [6, 6.07) is 4.17. The fourth-order valence-corrected chi connectivity index (χ4v) is 1.46. The number of nitrogens with one attached hydrogen (secondary N) is 1. The van der Waals surface area contributed by atoms with E-state index in [1.807, 2.05) is 19.1 Å². The van der Waals surface area contributed by atoms with Crippen molar-refractivity contribution in [3.05, 3.63) is 24.2 Å². The lowest BCUT2D eigenvalue weighted by Gasteiger charge is -2.11. The van der Waals surface area contributed by atoms with Crippen LogP contribution >= 0.6 is 0 Å². The van der Waals surface area contributed by atoms with E-state index >= 15 is 0 Å². The van der Waals surface area contributed by atoms with Crippen LogP contribution in [0.1, 0.15) is 19.7 Å². The second-order valence-electron chi connectivity index (χ2n) is 3.79. The SMILES string of the molecule is Cc1nc(NC(C)C)c2ncccc2n1. The van der Waals surface area contributed by atoms with E-state index < -0.39 is 0 Å². The number of nitrogens with zero attached hydrogens (tertiary/aromatic N) is 3. The third-order valence-corrected chi connectivity index (χ3v) is 1.99. The normalized spacial score (nSPS) is 10.9. The molecule has 0 bridgehead atoms. The molecule has 78 valence electrons. The average molecular weight is 202 g/mol. The van der Waals surface area contributed by atoms with Gasteiger partial charge >= 0.3 is 0 Å². The van der Waals surface area contributed by atoms with Crippen LogP contribution in [-0.2, 0) is 0 Å². The number of aryl methyl sites for hydroxylation is 1. The first-order chi connectivity index (χ1) is 7.16. The Morgan fingerprint density at radius 1 is 1.27 bits per heavy atom.